The number of halogens is 1. The van der Waals surface area contributed by atoms with Crippen molar-refractivity contribution < 1.29 is 23.4 Å². The average Bonchev–Trinajstić information content (AvgIpc) is 3.25. The molecule has 1 heterocycles. The van der Waals surface area contributed by atoms with Gasteiger partial charge < -0.3 is 20.1 Å². The van der Waals surface area contributed by atoms with Crippen LogP contribution in [0.15, 0.2) is 77.7 Å². The van der Waals surface area contributed by atoms with E-state index in [2.05, 4.69) is 10.0 Å². The van der Waals surface area contributed by atoms with Gasteiger partial charge in [0.2, 0.25) is 10.0 Å². The fourth-order valence-corrected chi connectivity index (χ4v) is 5.37. The lowest BCUT2D eigenvalue weighted by Crippen LogP contribution is -2.32. The van der Waals surface area contributed by atoms with E-state index in [1.165, 1.54) is 19.2 Å². The molecule has 4 aromatic rings. The number of fused-ring (bicyclic) bond motifs is 1. The van der Waals surface area contributed by atoms with Crippen LogP contribution in [0.4, 0.5) is 0 Å². The van der Waals surface area contributed by atoms with Crippen molar-refractivity contribution in [1.29, 1.82) is 0 Å². The van der Waals surface area contributed by atoms with Crippen LogP contribution in [0.25, 0.3) is 10.9 Å². The second-order valence-corrected chi connectivity index (χ2v) is 11.6. The highest BCUT2D eigenvalue weighted by Crippen LogP contribution is 2.24. The first kappa shape index (κ1) is 27.8. The van der Waals surface area contributed by atoms with E-state index in [-0.39, 0.29) is 23.2 Å². The van der Waals surface area contributed by atoms with Crippen LogP contribution in [0.2, 0.25) is 5.02 Å². The van der Waals surface area contributed by atoms with Crippen molar-refractivity contribution in [1.82, 2.24) is 14.6 Å². The number of aromatic nitrogens is 1. The molecule has 4 rings (SSSR count). The Morgan fingerprint density at radius 3 is 2.39 bits per heavy atom. The van der Waals surface area contributed by atoms with Crippen molar-refractivity contribution in [3.05, 3.63) is 100 Å². The van der Waals surface area contributed by atoms with Crippen LogP contribution in [0.5, 0.6) is 0 Å². The highest BCUT2D eigenvalue weighted by atomic mass is 35.5. The summed E-state index contributed by atoms with van der Waals surface area (Å²) < 4.78 is 28.0. The van der Waals surface area contributed by atoms with Crippen LogP contribution < -0.4 is 10.0 Å². The van der Waals surface area contributed by atoms with Crippen molar-refractivity contribution in [3.8, 4) is 0 Å². The van der Waals surface area contributed by atoms with Crippen molar-refractivity contribution >= 4 is 38.5 Å². The van der Waals surface area contributed by atoms with Crippen LogP contribution in [0.1, 0.15) is 40.2 Å². The fourth-order valence-electron chi connectivity index (χ4n) is 4.44. The van der Waals surface area contributed by atoms with Gasteiger partial charge in [0.05, 0.1) is 11.0 Å². The first-order valence-corrected chi connectivity index (χ1v) is 14.0. The Morgan fingerprint density at radius 1 is 1.03 bits per heavy atom. The quantitative estimate of drug-likeness (QED) is 0.220. The Bertz CT molecular complexity index is 1550. The molecule has 2 atom stereocenters. The van der Waals surface area contributed by atoms with Gasteiger partial charge in [0.15, 0.2) is 0 Å². The summed E-state index contributed by atoms with van der Waals surface area (Å²) in [6.45, 7) is 2.68. The summed E-state index contributed by atoms with van der Waals surface area (Å²) in [5.41, 5.74) is 3.49. The highest BCUT2D eigenvalue weighted by molar-refractivity contribution is 7.89. The molecule has 0 amide bonds. The summed E-state index contributed by atoms with van der Waals surface area (Å²) in [5, 5.41) is 25.0. The van der Waals surface area contributed by atoms with Crippen molar-refractivity contribution in [3.63, 3.8) is 0 Å². The van der Waals surface area contributed by atoms with E-state index < -0.39 is 22.1 Å². The number of nitrogens with one attached hydrogen (secondary N) is 2. The summed E-state index contributed by atoms with van der Waals surface area (Å²) in [6.07, 6.45) is 0.00546. The van der Waals surface area contributed by atoms with E-state index in [0.717, 1.165) is 27.6 Å². The van der Waals surface area contributed by atoms with Crippen LogP contribution in [0, 0.1) is 0 Å². The molecular formula is C28H30ClN3O5S. The Kier molecular flexibility index (Phi) is 8.54. The van der Waals surface area contributed by atoms with Gasteiger partial charge in [-0.3, -0.25) is 0 Å². The van der Waals surface area contributed by atoms with E-state index in [1.54, 1.807) is 41.0 Å². The maximum Gasteiger partial charge on any atom is 0.352 e. The summed E-state index contributed by atoms with van der Waals surface area (Å²) in [7, 11) is -2.20. The Morgan fingerprint density at radius 2 is 1.74 bits per heavy atom. The lowest BCUT2D eigenvalue weighted by molar-refractivity contribution is 0.0686. The molecule has 38 heavy (non-hydrogen) atoms. The van der Waals surface area contributed by atoms with Crippen molar-refractivity contribution in [2.75, 3.05) is 13.6 Å². The standard InChI is InChI=1S/C28H30ClN3O5S/c1-18(31-16-27(33)21-4-3-5-23(29)14-21)12-20-8-11-25-22(13-20)15-26(28(34)35)32(25)17-19-6-9-24(10-7-19)38(36,37)30-2/h3-11,13-15,18,27,30-31,33H,12,16-17H2,1-2H3,(H,34,35). The van der Waals surface area contributed by atoms with Crippen LogP contribution in [-0.4, -0.2) is 48.8 Å². The number of hydrogen-bond donors (Lipinski definition) is 4. The summed E-state index contributed by atoms with van der Waals surface area (Å²) >= 11 is 6.02. The zero-order chi connectivity index (χ0) is 27.4. The monoisotopic (exact) mass is 555 g/mol. The number of carboxylic acids is 1. The number of aromatic carboxylic acids is 1. The molecule has 0 fully saturated rings. The molecule has 0 spiro atoms. The zero-order valence-corrected chi connectivity index (χ0v) is 22.6. The van der Waals surface area contributed by atoms with Crippen molar-refractivity contribution in [2.45, 2.75) is 36.9 Å². The third-order valence-corrected chi connectivity index (χ3v) is 8.13. The number of sulfonamides is 1. The minimum Gasteiger partial charge on any atom is -0.477 e. The molecule has 3 aromatic carbocycles. The Hall–Kier alpha value is -3.21. The summed E-state index contributed by atoms with van der Waals surface area (Å²) in [6, 6.07) is 21.1. The molecule has 0 aliphatic rings. The van der Waals surface area contributed by atoms with Gasteiger partial charge >= 0.3 is 5.97 Å². The average molecular weight is 556 g/mol. The number of aliphatic hydroxyl groups is 1. The van der Waals surface area contributed by atoms with Gasteiger partial charge in [-0.1, -0.05) is 41.9 Å². The number of carbonyl (C=O) groups is 1. The Balaban J connectivity index is 1.48. The molecule has 0 aliphatic carbocycles. The highest BCUT2D eigenvalue weighted by Gasteiger charge is 2.17. The molecule has 10 heteroatoms. The lowest BCUT2D eigenvalue weighted by atomic mass is 10.0. The third-order valence-electron chi connectivity index (χ3n) is 6.46. The number of hydrogen-bond acceptors (Lipinski definition) is 5. The largest absolute Gasteiger partial charge is 0.477 e. The van der Waals surface area contributed by atoms with Gasteiger partial charge in [0, 0.05) is 35.1 Å². The summed E-state index contributed by atoms with van der Waals surface area (Å²) in [4.78, 5) is 12.2. The first-order valence-electron chi connectivity index (χ1n) is 12.1. The molecular weight excluding hydrogens is 526 g/mol. The van der Waals surface area contributed by atoms with E-state index in [0.29, 0.717) is 18.0 Å². The number of nitrogens with zero attached hydrogens (tertiary/aromatic N) is 1. The maximum absolute atomic E-state index is 12.0. The minimum atomic E-state index is -3.55. The van der Waals surface area contributed by atoms with E-state index in [9.17, 15) is 23.4 Å². The predicted molar refractivity (Wildman–Crippen MR) is 148 cm³/mol. The summed E-state index contributed by atoms with van der Waals surface area (Å²) in [5.74, 6) is -1.04. The second-order valence-electron chi connectivity index (χ2n) is 9.25. The van der Waals surface area contributed by atoms with Crippen molar-refractivity contribution in [2.24, 2.45) is 0 Å². The van der Waals surface area contributed by atoms with Crippen LogP contribution >= 0.6 is 11.6 Å². The molecule has 200 valence electrons. The smallest absolute Gasteiger partial charge is 0.352 e. The normalized spacial score (nSPS) is 13.5. The van der Waals surface area contributed by atoms with E-state index >= 15 is 0 Å². The number of rotatable bonds is 11. The van der Waals surface area contributed by atoms with Gasteiger partial charge in [-0.15, -0.1) is 0 Å². The fraction of sp³-hybridized carbons (Fsp3) is 0.250. The van der Waals surface area contributed by atoms with Gasteiger partial charge in [0.25, 0.3) is 0 Å². The van der Waals surface area contributed by atoms with Crippen LogP contribution in [0.3, 0.4) is 0 Å². The molecule has 0 saturated heterocycles. The van der Waals surface area contributed by atoms with Gasteiger partial charge in [-0.25, -0.2) is 17.9 Å². The molecule has 1 aromatic heterocycles. The number of carboxylic acid groups (broad SMARTS) is 1. The molecule has 4 N–H and O–H groups in total. The number of benzene rings is 3. The van der Waals surface area contributed by atoms with Crippen LogP contribution in [-0.2, 0) is 23.0 Å². The first-order chi connectivity index (χ1) is 18.1. The lowest BCUT2D eigenvalue weighted by Gasteiger charge is -2.18. The molecule has 2 unspecified atom stereocenters. The van der Waals surface area contributed by atoms with Gasteiger partial charge in [-0.05, 0) is 79.5 Å². The predicted octanol–water partition coefficient (Wildman–Crippen LogP) is 4.20. The SMILES string of the molecule is CNS(=O)(=O)c1ccc(Cn2c(C(=O)O)cc3cc(CC(C)NCC(O)c4cccc(Cl)c4)ccc32)cc1. The van der Waals surface area contributed by atoms with Gasteiger partial charge in [0.1, 0.15) is 5.69 Å². The molecule has 0 aliphatic heterocycles. The topological polar surface area (TPSA) is 121 Å². The molecule has 8 nitrogen and oxygen atoms in total. The maximum atomic E-state index is 12.0. The van der Waals surface area contributed by atoms with E-state index in [1.807, 2.05) is 31.2 Å². The second kappa shape index (κ2) is 11.7. The van der Waals surface area contributed by atoms with Gasteiger partial charge in [-0.2, -0.15) is 0 Å². The molecule has 0 radical (unpaired) electrons. The van der Waals surface area contributed by atoms with E-state index in [4.69, 9.17) is 11.6 Å². The number of aliphatic hydroxyl groups excluding tert-OH is 1. The zero-order valence-electron chi connectivity index (χ0n) is 21.1. The minimum absolute atomic E-state index is 0.0646. The molecule has 0 saturated carbocycles. The molecule has 0 bridgehead atoms. The third kappa shape index (κ3) is 6.43. The Labute approximate surface area is 226 Å².